The van der Waals surface area contributed by atoms with E-state index in [0.29, 0.717) is 11.3 Å². The number of carbonyl (C=O) groups is 1. The smallest absolute Gasteiger partial charge is 0.326 e. The fourth-order valence-corrected chi connectivity index (χ4v) is 1.76. The summed E-state index contributed by atoms with van der Waals surface area (Å²) < 4.78 is 32.2. The van der Waals surface area contributed by atoms with Gasteiger partial charge in [0, 0.05) is 6.04 Å². The maximum absolute atomic E-state index is 14.0. The normalized spacial score (nSPS) is 11.8. The quantitative estimate of drug-likeness (QED) is 0.743. The van der Waals surface area contributed by atoms with Crippen LogP contribution < -0.4 is 21.3 Å². The molecule has 0 fully saturated rings. The van der Waals surface area contributed by atoms with E-state index in [-0.39, 0.29) is 11.8 Å². The van der Waals surface area contributed by atoms with Crippen LogP contribution in [0.25, 0.3) is 0 Å². The third-order valence-corrected chi connectivity index (χ3v) is 2.91. The lowest BCUT2D eigenvalue weighted by Crippen LogP contribution is -2.42. The highest BCUT2D eigenvalue weighted by Crippen LogP contribution is 2.26. The highest BCUT2D eigenvalue weighted by molar-refractivity contribution is 5.70. The Balaban J connectivity index is 2.08. The number of carbonyl (C=O) groups excluding carboxylic acids is 1. The first-order valence-electron chi connectivity index (χ1n) is 6.49. The van der Waals surface area contributed by atoms with Crippen LogP contribution in [-0.2, 0) is 0 Å². The Morgan fingerprint density at radius 2 is 1.86 bits per heavy atom. The molecule has 0 aliphatic carbocycles. The fraction of sp³-hybridized carbons (Fsp3) is 0.133. The fourth-order valence-electron chi connectivity index (χ4n) is 1.76. The molecule has 2 amide bonds. The van der Waals surface area contributed by atoms with Crippen molar-refractivity contribution < 1.29 is 18.3 Å². The molecule has 1 unspecified atom stereocenters. The Morgan fingerprint density at radius 1 is 1.18 bits per heavy atom. The predicted octanol–water partition coefficient (Wildman–Crippen LogP) is 2.99. The minimum Gasteiger partial charge on any atom is -0.454 e. The largest absolute Gasteiger partial charge is 0.454 e. The van der Waals surface area contributed by atoms with Gasteiger partial charge in [-0.3, -0.25) is 5.43 Å². The van der Waals surface area contributed by atoms with Gasteiger partial charge >= 0.3 is 6.03 Å². The minimum absolute atomic E-state index is 0.0189. The summed E-state index contributed by atoms with van der Waals surface area (Å²) in [5, 5.41) is 0. The molecule has 116 valence electrons. The molecular formula is C15H15F2N3O2. The summed E-state index contributed by atoms with van der Waals surface area (Å²) >= 11 is 0. The lowest BCUT2D eigenvalue weighted by atomic mass is 10.1. The van der Waals surface area contributed by atoms with E-state index in [0.717, 1.165) is 0 Å². The molecule has 0 aliphatic rings. The van der Waals surface area contributed by atoms with Gasteiger partial charge in [0.05, 0.1) is 0 Å². The van der Waals surface area contributed by atoms with Gasteiger partial charge in [-0.2, -0.15) is 0 Å². The number of urea groups is 1. The molecule has 4 N–H and O–H groups in total. The van der Waals surface area contributed by atoms with Crippen LogP contribution in [0.15, 0.2) is 42.5 Å². The first-order valence-corrected chi connectivity index (χ1v) is 6.49. The van der Waals surface area contributed by atoms with E-state index in [1.54, 1.807) is 13.0 Å². The lowest BCUT2D eigenvalue weighted by Gasteiger charge is -2.15. The van der Waals surface area contributed by atoms with Crippen molar-refractivity contribution in [1.82, 2.24) is 10.9 Å². The number of hydrazine groups is 1. The number of hydrogen-bond acceptors (Lipinski definition) is 3. The number of primary amides is 1. The molecule has 0 aromatic heterocycles. The van der Waals surface area contributed by atoms with Gasteiger partial charge in [-0.25, -0.2) is 19.0 Å². The number of ether oxygens (including phenoxy) is 1. The average Bonchev–Trinajstić information content (AvgIpc) is 2.49. The molecule has 1 atom stereocenters. The second-order valence-electron chi connectivity index (χ2n) is 4.60. The third-order valence-electron chi connectivity index (χ3n) is 2.91. The van der Waals surface area contributed by atoms with Crippen molar-refractivity contribution in [3.63, 3.8) is 0 Å². The highest BCUT2D eigenvalue weighted by atomic mass is 19.1. The number of hydrogen-bond donors (Lipinski definition) is 3. The number of halogens is 2. The van der Waals surface area contributed by atoms with Crippen LogP contribution in [-0.4, -0.2) is 6.03 Å². The van der Waals surface area contributed by atoms with E-state index in [4.69, 9.17) is 10.5 Å². The van der Waals surface area contributed by atoms with Crippen molar-refractivity contribution in [2.24, 2.45) is 5.73 Å². The Morgan fingerprint density at radius 3 is 2.45 bits per heavy atom. The zero-order valence-corrected chi connectivity index (χ0v) is 11.8. The van der Waals surface area contributed by atoms with Gasteiger partial charge in [-0.15, -0.1) is 0 Å². The summed E-state index contributed by atoms with van der Waals surface area (Å²) in [6.07, 6.45) is 0. The van der Waals surface area contributed by atoms with Crippen LogP contribution in [0.2, 0.25) is 0 Å². The minimum atomic E-state index is -0.733. The molecule has 0 radical (unpaired) electrons. The van der Waals surface area contributed by atoms with Gasteiger partial charge in [0.2, 0.25) is 0 Å². The number of benzene rings is 2. The molecule has 0 spiro atoms. The van der Waals surface area contributed by atoms with Crippen LogP contribution in [0.3, 0.4) is 0 Å². The van der Waals surface area contributed by atoms with Crippen molar-refractivity contribution >= 4 is 6.03 Å². The first kappa shape index (κ1) is 15.7. The van der Waals surface area contributed by atoms with Crippen molar-refractivity contribution in [2.75, 3.05) is 0 Å². The molecule has 2 aromatic rings. The van der Waals surface area contributed by atoms with E-state index < -0.39 is 17.7 Å². The zero-order chi connectivity index (χ0) is 16.1. The van der Waals surface area contributed by atoms with Gasteiger partial charge in [0.25, 0.3) is 0 Å². The second kappa shape index (κ2) is 6.86. The van der Waals surface area contributed by atoms with Gasteiger partial charge < -0.3 is 10.5 Å². The molecule has 0 heterocycles. The second-order valence-corrected chi connectivity index (χ2v) is 4.60. The molecule has 22 heavy (non-hydrogen) atoms. The molecule has 2 aromatic carbocycles. The van der Waals surface area contributed by atoms with Crippen molar-refractivity contribution in [1.29, 1.82) is 0 Å². The highest BCUT2D eigenvalue weighted by Gasteiger charge is 2.11. The third kappa shape index (κ3) is 4.16. The summed E-state index contributed by atoms with van der Waals surface area (Å²) in [4.78, 5) is 10.6. The molecule has 0 bridgehead atoms. The van der Waals surface area contributed by atoms with E-state index in [9.17, 15) is 13.6 Å². The number of amides is 2. The summed E-state index contributed by atoms with van der Waals surface area (Å²) in [6, 6.07) is 8.56. The number of rotatable bonds is 5. The van der Waals surface area contributed by atoms with Crippen molar-refractivity contribution in [2.45, 2.75) is 13.0 Å². The van der Waals surface area contributed by atoms with E-state index in [2.05, 4.69) is 10.9 Å². The van der Waals surface area contributed by atoms with E-state index >= 15 is 0 Å². The summed E-state index contributed by atoms with van der Waals surface area (Å²) in [7, 11) is 0. The molecular weight excluding hydrogens is 292 g/mol. The van der Waals surface area contributed by atoms with Crippen molar-refractivity contribution in [3.05, 3.63) is 59.7 Å². The maximum atomic E-state index is 14.0. The topological polar surface area (TPSA) is 76.4 Å². The zero-order valence-electron chi connectivity index (χ0n) is 11.8. The van der Waals surface area contributed by atoms with Crippen LogP contribution in [0.5, 0.6) is 11.5 Å². The average molecular weight is 307 g/mol. The van der Waals surface area contributed by atoms with Gasteiger partial charge in [0.15, 0.2) is 11.6 Å². The number of nitrogens with one attached hydrogen (secondary N) is 2. The van der Waals surface area contributed by atoms with E-state index in [1.807, 2.05) is 0 Å². The Hall–Kier alpha value is -2.67. The summed E-state index contributed by atoms with van der Waals surface area (Å²) in [6.45, 7) is 1.73. The first-order chi connectivity index (χ1) is 10.5. The molecule has 0 saturated heterocycles. The summed E-state index contributed by atoms with van der Waals surface area (Å²) in [5.41, 5.74) is 10.4. The van der Waals surface area contributed by atoms with Crippen LogP contribution in [0.4, 0.5) is 13.6 Å². The SMILES string of the molecule is CC(NNC(N)=O)c1ccc(Oc2ccc(F)cc2)c(F)c1. The lowest BCUT2D eigenvalue weighted by molar-refractivity contribution is 0.242. The van der Waals surface area contributed by atoms with Gasteiger partial charge in [0.1, 0.15) is 11.6 Å². The summed E-state index contributed by atoms with van der Waals surface area (Å²) in [5.74, 6) is -0.625. The van der Waals surface area contributed by atoms with Crippen LogP contribution >= 0.6 is 0 Å². The van der Waals surface area contributed by atoms with Crippen molar-refractivity contribution in [3.8, 4) is 11.5 Å². The van der Waals surface area contributed by atoms with E-state index in [1.165, 1.54) is 36.4 Å². The molecule has 2 rings (SSSR count). The Labute approximate surface area is 126 Å². The molecule has 7 heteroatoms. The molecule has 0 saturated carbocycles. The monoisotopic (exact) mass is 307 g/mol. The maximum Gasteiger partial charge on any atom is 0.326 e. The van der Waals surface area contributed by atoms with Crippen LogP contribution in [0.1, 0.15) is 18.5 Å². The van der Waals surface area contributed by atoms with Crippen LogP contribution in [0, 0.1) is 11.6 Å². The molecule has 0 aliphatic heterocycles. The van der Waals surface area contributed by atoms with Gasteiger partial charge in [-0.05, 0) is 48.9 Å². The van der Waals surface area contributed by atoms with Gasteiger partial charge in [-0.1, -0.05) is 6.07 Å². The molecule has 5 nitrogen and oxygen atoms in total. The predicted molar refractivity (Wildman–Crippen MR) is 77.1 cm³/mol. The standard InChI is InChI=1S/C15H15F2N3O2/c1-9(19-20-15(18)21)10-2-7-14(13(17)8-10)22-12-5-3-11(16)4-6-12/h2-9,19H,1H3,(H3,18,20,21). The Kier molecular flexibility index (Phi) is 4.90. The Bertz CT molecular complexity index is 662. The number of nitrogens with two attached hydrogens (primary N) is 1.